The predicted molar refractivity (Wildman–Crippen MR) is 126 cm³/mol. The van der Waals surface area contributed by atoms with Crippen LogP contribution in [0.15, 0.2) is 42.6 Å². The number of pyridine rings is 1. The van der Waals surface area contributed by atoms with Crippen molar-refractivity contribution < 1.29 is 14.3 Å². The van der Waals surface area contributed by atoms with E-state index in [0.29, 0.717) is 22.7 Å². The number of likely N-dealkylation sites (tertiary alicyclic amines) is 1. The molecule has 0 bridgehead atoms. The molecule has 2 heterocycles. The van der Waals surface area contributed by atoms with Crippen molar-refractivity contribution >= 4 is 23.3 Å². The largest absolute Gasteiger partial charge is 0.495 e. The highest BCUT2D eigenvalue weighted by atomic mass is 35.5. The summed E-state index contributed by atoms with van der Waals surface area (Å²) in [7, 11) is 3.43. The molecule has 7 nitrogen and oxygen atoms in total. The fraction of sp³-hybridized carbons (Fsp3) is 0.500. The summed E-state index contributed by atoms with van der Waals surface area (Å²) in [6.07, 6.45) is 5.28. The maximum absolute atomic E-state index is 12.7. The first-order chi connectivity index (χ1) is 15.5. The van der Waals surface area contributed by atoms with Crippen molar-refractivity contribution in [1.29, 1.82) is 0 Å². The summed E-state index contributed by atoms with van der Waals surface area (Å²) in [5.74, 6) is 1.51. The highest BCUT2D eigenvalue weighted by Crippen LogP contribution is 2.33. The lowest BCUT2D eigenvalue weighted by Gasteiger charge is -2.43. The van der Waals surface area contributed by atoms with Crippen LogP contribution in [0.1, 0.15) is 30.9 Å². The molecule has 2 unspecified atom stereocenters. The molecule has 0 radical (unpaired) electrons. The summed E-state index contributed by atoms with van der Waals surface area (Å²) in [6.45, 7) is 2.88. The van der Waals surface area contributed by atoms with Gasteiger partial charge in [-0.25, -0.2) is 4.79 Å². The molecule has 0 spiro atoms. The molecule has 2 aliphatic rings. The van der Waals surface area contributed by atoms with Crippen molar-refractivity contribution in [1.82, 2.24) is 15.2 Å². The molecule has 1 aromatic carbocycles. The second-order valence-corrected chi connectivity index (χ2v) is 9.12. The van der Waals surface area contributed by atoms with Crippen molar-refractivity contribution in [2.24, 2.45) is 5.92 Å². The Morgan fingerprint density at radius 1 is 1.19 bits per heavy atom. The molecule has 1 aliphatic heterocycles. The van der Waals surface area contributed by atoms with Crippen molar-refractivity contribution in [2.75, 3.05) is 39.2 Å². The number of ether oxygens (including phenoxy) is 2. The van der Waals surface area contributed by atoms with E-state index in [-0.39, 0.29) is 18.0 Å². The minimum absolute atomic E-state index is 0.00689. The molecule has 1 aromatic heterocycles. The van der Waals surface area contributed by atoms with Gasteiger partial charge in [-0.15, -0.1) is 0 Å². The second-order valence-electron chi connectivity index (χ2n) is 8.68. The third kappa shape index (κ3) is 5.71. The highest BCUT2D eigenvalue weighted by Gasteiger charge is 2.36. The molecule has 2 fully saturated rings. The van der Waals surface area contributed by atoms with Gasteiger partial charge in [-0.1, -0.05) is 11.6 Å². The Labute approximate surface area is 194 Å². The van der Waals surface area contributed by atoms with Gasteiger partial charge in [0.25, 0.3) is 0 Å². The fourth-order valence-electron chi connectivity index (χ4n) is 4.64. The van der Waals surface area contributed by atoms with E-state index >= 15 is 0 Å². The zero-order chi connectivity index (χ0) is 22.5. The molecule has 1 saturated carbocycles. The summed E-state index contributed by atoms with van der Waals surface area (Å²) >= 11 is 5.94. The summed E-state index contributed by atoms with van der Waals surface area (Å²) < 4.78 is 10.7. The molecule has 8 heteroatoms. The van der Waals surface area contributed by atoms with Gasteiger partial charge in [-0.2, -0.15) is 0 Å². The maximum atomic E-state index is 12.7. The SMILES string of the molecule is COc1ccc(C2CN(CC3CC(OC)C3)CCC2NC(=O)Nc2ccc(Cl)cc2)nc1. The summed E-state index contributed by atoms with van der Waals surface area (Å²) in [6, 6.07) is 10.8. The van der Waals surface area contributed by atoms with Crippen LogP contribution in [0, 0.1) is 5.92 Å². The normalized spacial score (nSPS) is 25.6. The van der Waals surface area contributed by atoms with Gasteiger partial charge >= 0.3 is 6.03 Å². The van der Waals surface area contributed by atoms with Crippen LogP contribution >= 0.6 is 11.6 Å². The first kappa shape index (κ1) is 22.8. The molecular weight excluding hydrogens is 428 g/mol. The molecule has 2 N–H and O–H groups in total. The van der Waals surface area contributed by atoms with Crippen molar-refractivity contribution in [3.8, 4) is 5.75 Å². The number of amides is 2. The number of anilines is 1. The van der Waals surface area contributed by atoms with Gasteiger partial charge < -0.3 is 25.0 Å². The molecular formula is C24H31ClN4O3. The molecule has 2 atom stereocenters. The minimum atomic E-state index is -0.216. The number of nitrogens with zero attached hydrogens (tertiary/aromatic N) is 2. The predicted octanol–water partition coefficient (Wildman–Crippen LogP) is 4.15. The van der Waals surface area contributed by atoms with Gasteiger partial charge in [-0.05, 0) is 61.6 Å². The van der Waals surface area contributed by atoms with Crippen molar-refractivity contribution in [3.05, 3.63) is 53.3 Å². The van der Waals surface area contributed by atoms with Gasteiger partial charge in [0.1, 0.15) is 5.75 Å². The first-order valence-corrected chi connectivity index (χ1v) is 11.5. The molecule has 4 rings (SSSR count). The van der Waals surface area contributed by atoms with E-state index in [9.17, 15) is 4.79 Å². The number of halogens is 1. The number of rotatable bonds is 7. The Morgan fingerprint density at radius 2 is 1.97 bits per heavy atom. The Morgan fingerprint density at radius 3 is 2.62 bits per heavy atom. The lowest BCUT2D eigenvalue weighted by Crippen LogP contribution is -2.52. The van der Waals surface area contributed by atoms with Gasteiger partial charge in [0.2, 0.25) is 0 Å². The number of aromatic nitrogens is 1. The standard InChI is InChI=1S/C24H31ClN4O3/c1-31-19-7-8-22(26-13-19)21-15-29(14-16-11-20(12-16)32-2)10-9-23(21)28-24(30)27-18-5-3-17(25)4-6-18/h3-8,13,16,20-21,23H,9-12,14-15H2,1-2H3,(H2,27,28,30). The molecule has 172 valence electrons. The lowest BCUT2D eigenvalue weighted by atomic mass is 9.80. The third-order valence-electron chi connectivity index (χ3n) is 6.53. The lowest BCUT2D eigenvalue weighted by molar-refractivity contribution is -0.0145. The topological polar surface area (TPSA) is 75.7 Å². The van der Waals surface area contributed by atoms with E-state index in [1.54, 1.807) is 44.7 Å². The molecule has 2 amide bonds. The average Bonchev–Trinajstić information content (AvgIpc) is 2.78. The molecule has 2 aromatic rings. The third-order valence-corrected chi connectivity index (χ3v) is 6.78. The quantitative estimate of drug-likeness (QED) is 0.652. The highest BCUT2D eigenvalue weighted by molar-refractivity contribution is 6.30. The summed E-state index contributed by atoms with van der Waals surface area (Å²) in [5, 5.41) is 6.72. The number of carbonyl (C=O) groups is 1. The summed E-state index contributed by atoms with van der Waals surface area (Å²) in [5.41, 5.74) is 1.68. The van der Waals surface area contributed by atoms with Crippen molar-refractivity contribution in [3.63, 3.8) is 0 Å². The van der Waals surface area contributed by atoms with E-state index in [1.165, 1.54) is 0 Å². The van der Waals surface area contributed by atoms with Crippen LogP contribution in [-0.2, 0) is 4.74 Å². The Bertz CT molecular complexity index is 887. The number of hydrogen-bond acceptors (Lipinski definition) is 5. The van der Waals surface area contributed by atoms with Crippen LogP contribution in [0.3, 0.4) is 0 Å². The fourth-order valence-corrected chi connectivity index (χ4v) is 4.77. The Balaban J connectivity index is 1.42. The van der Waals surface area contributed by atoms with Crippen LogP contribution in [-0.4, -0.2) is 61.9 Å². The molecule has 1 aliphatic carbocycles. The summed E-state index contributed by atoms with van der Waals surface area (Å²) in [4.78, 5) is 19.8. The van der Waals surface area contributed by atoms with Crippen LogP contribution < -0.4 is 15.4 Å². The van der Waals surface area contributed by atoms with E-state index < -0.39 is 0 Å². The number of methoxy groups -OCH3 is 2. The van der Waals surface area contributed by atoms with E-state index in [0.717, 1.165) is 50.3 Å². The zero-order valence-electron chi connectivity index (χ0n) is 18.6. The minimum Gasteiger partial charge on any atom is -0.495 e. The van der Waals surface area contributed by atoms with Crippen LogP contribution in [0.2, 0.25) is 5.02 Å². The maximum Gasteiger partial charge on any atom is 0.319 e. The molecule has 1 saturated heterocycles. The van der Waals surface area contributed by atoms with E-state index in [4.69, 9.17) is 21.1 Å². The average molecular weight is 459 g/mol. The van der Waals surface area contributed by atoms with Gasteiger partial charge in [0.15, 0.2) is 0 Å². The Hall–Kier alpha value is -2.35. The van der Waals surface area contributed by atoms with Gasteiger partial charge in [0, 0.05) is 55.1 Å². The van der Waals surface area contributed by atoms with Crippen molar-refractivity contribution in [2.45, 2.75) is 37.3 Å². The van der Waals surface area contributed by atoms with Gasteiger partial charge in [0.05, 0.1) is 19.4 Å². The van der Waals surface area contributed by atoms with Crippen LogP contribution in [0.4, 0.5) is 10.5 Å². The number of piperidine rings is 1. The van der Waals surface area contributed by atoms with Gasteiger partial charge in [-0.3, -0.25) is 4.98 Å². The number of carbonyl (C=O) groups excluding carboxylic acids is 1. The number of urea groups is 1. The number of hydrogen-bond donors (Lipinski definition) is 2. The molecule has 32 heavy (non-hydrogen) atoms. The monoisotopic (exact) mass is 458 g/mol. The van der Waals surface area contributed by atoms with Crippen LogP contribution in [0.5, 0.6) is 5.75 Å². The van der Waals surface area contributed by atoms with E-state index in [2.05, 4.69) is 20.5 Å². The number of nitrogens with one attached hydrogen (secondary N) is 2. The van der Waals surface area contributed by atoms with Crippen LogP contribution in [0.25, 0.3) is 0 Å². The Kier molecular flexibility index (Phi) is 7.50. The zero-order valence-corrected chi connectivity index (χ0v) is 19.3. The second kappa shape index (κ2) is 10.5. The smallest absolute Gasteiger partial charge is 0.319 e. The number of benzene rings is 1. The van der Waals surface area contributed by atoms with E-state index in [1.807, 2.05) is 12.1 Å². The first-order valence-electron chi connectivity index (χ1n) is 11.1.